The summed E-state index contributed by atoms with van der Waals surface area (Å²) in [6.07, 6.45) is 0. The summed E-state index contributed by atoms with van der Waals surface area (Å²) in [4.78, 5) is 4.34. The molecule has 34 heavy (non-hydrogen) atoms. The Labute approximate surface area is 201 Å². The number of rotatable bonds is 6. The molecule has 1 aromatic heterocycles. The number of benzene rings is 3. The SMILES string of the molecule is Cc1ccc(NS(=O)(=O)c2ccc(C)c(N=Nc3sc(N)nc3-c3ccc(F)cc3)c2)c(C)c1. The molecule has 0 saturated heterocycles. The number of aryl methyl sites for hydroxylation is 3. The zero-order valence-corrected chi connectivity index (χ0v) is 20.3. The van der Waals surface area contributed by atoms with Crippen LogP contribution in [-0.4, -0.2) is 13.4 Å². The molecule has 0 aliphatic heterocycles. The molecule has 0 bridgehead atoms. The molecule has 0 aliphatic carbocycles. The first kappa shape index (κ1) is 23.5. The summed E-state index contributed by atoms with van der Waals surface area (Å²) in [6.45, 7) is 5.60. The Kier molecular flexibility index (Phi) is 6.45. The quantitative estimate of drug-likeness (QED) is 0.291. The Balaban J connectivity index is 1.65. The highest BCUT2D eigenvalue weighted by Crippen LogP contribution is 2.38. The Morgan fingerprint density at radius 2 is 1.68 bits per heavy atom. The van der Waals surface area contributed by atoms with E-state index in [4.69, 9.17) is 5.73 Å². The van der Waals surface area contributed by atoms with Gasteiger partial charge < -0.3 is 5.73 Å². The van der Waals surface area contributed by atoms with E-state index in [0.29, 0.717) is 32.8 Å². The van der Waals surface area contributed by atoms with Gasteiger partial charge in [0.1, 0.15) is 11.5 Å². The largest absolute Gasteiger partial charge is 0.375 e. The zero-order valence-electron chi connectivity index (χ0n) is 18.7. The first-order valence-electron chi connectivity index (χ1n) is 10.3. The molecule has 0 atom stereocenters. The number of azo groups is 1. The summed E-state index contributed by atoms with van der Waals surface area (Å²) in [5.74, 6) is -0.363. The Bertz CT molecular complexity index is 1500. The number of nitrogens with one attached hydrogen (secondary N) is 1. The molecule has 10 heteroatoms. The van der Waals surface area contributed by atoms with Crippen LogP contribution in [0.4, 0.5) is 25.9 Å². The van der Waals surface area contributed by atoms with Gasteiger partial charge in [0.2, 0.25) is 0 Å². The minimum absolute atomic E-state index is 0.0644. The van der Waals surface area contributed by atoms with Crippen molar-refractivity contribution in [3.05, 3.63) is 83.2 Å². The predicted molar refractivity (Wildman–Crippen MR) is 134 cm³/mol. The number of thiazole rings is 1. The number of hydrogen-bond acceptors (Lipinski definition) is 7. The molecule has 0 radical (unpaired) electrons. The van der Waals surface area contributed by atoms with Gasteiger partial charge in [0.25, 0.3) is 10.0 Å². The van der Waals surface area contributed by atoms with Crippen molar-refractivity contribution in [3.63, 3.8) is 0 Å². The zero-order chi connectivity index (χ0) is 24.5. The van der Waals surface area contributed by atoms with Crippen molar-refractivity contribution < 1.29 is 12.8 Å². The summed E-state index contributed by atoms with van der Waals surface area (Å²) in [5.41, 5.74) is 10.5. The minimum Gasteiger partial charge on any atom is -0.375 e. The van der Waals surface area contributed by atoms with E-state index in [0.717, 1.165) is 28.0 Å². The van der Waals surface area contributed by atoms with Crippen LogP contribution in [0.2, 0.25) is 0 Å². The van der Waals surface area contributed by atoms with Crippen LogP contribution in [0, 0.1) is 26.6 Å². The van der Waals surface area contributed by atoms with Crippen molar-refractivity contribution in [1.29, 1.82) is 0 Å². The van der Waals surface area contributed by atoms with Crippen LogP contribution in [0.1, 0.15) is 16.7 Å². The summed E-state index contributed by atoms with van der Waals surface area (Å²) in [6, 6.07) is 16.0. The number of anilines is 2. The normalized spacial score (nSPS) is 11.8. The Hall–Kier alpha value is -3.63. The molecule has 174 valence electrons. The highest BCUT2D eigenvalue weighted by Gasteiger charge is 2.17. The lowest BCUT2D eigenvalue weighted by Gasteiger charge is -2.12. The molecule has 1 heterocycles. The fraction of sp³-hybridized carbons (Fsp3) is 0.125. The lowest BCUT2D eigenvalue weighted by molar-refractivity contribution is 0.601. The number of nitrogen functional groups attached to an aromatic ring is 1. The molecule has 4 rings (SSSR count). The summed E-state index contributed by atoms with van der Waals surface area (Å²) in [7, 11) is -3.84. The second-order valence-electron chi connectivity index (χ2n) is 7.78. The average molecular weight is 496 g/mol. The molecular formula is C24H22FN5O2S2. The Morgan fingerprint density at radius 1 is 0.941 bits per heavy atom. The van der Waals surface area contributed by atoms with E-state index in [2.05, 4.69) is 19.9 Å². The van der Waals surface area contributed by atoms with E-state index in [1.165, 1.54) is 24.3 Å². The van der Waals surface area contributed by atoms with Gasteiger partial charge in [-0.25, -0.2) is 17.8 Å². The second kappa shape index (κ2) is 9.32. The van der Waals surface area contributed by atoms with Crippen LogP contribution in [0.15, 0.2) is 75.8 Å². The molecular weight excluding hydrogens is 473 g/mol. The lowest BCUT2D eigenvalue weighted by atomic mass is 10.1. The number of nitrogens with two attached hydrogens (primary N) is 1. The second-order valence-corrected chi connectivity index (χ2v) is 10.5. The van der Waals surface area contributed by atoms with Gasteiger partial charge >= 0.3 is 0 Å². The highest BCUT2D eigenvalue weighted by atomic mass is 32.2. The van der Waals surface area contributed by atoms with E-state index in [-0.39, 0.29) is 10.7 Å². The lowest BCUT2D eigenvalue weighted by Crippen LogP contribution is -2.13. The smallest absolute Gasteiger partial charge is 0.261 e. The van der Waals surface area contributed by atoms with E-state index >= 15 is 0 Å². The van der Waals surface area contributed by atoms with Gasteiger partial charge in [-0.1, -0.05) is 35.1 Å². The summed E-state index contributed by atoms with van der Waals surface area (Å²) >= 11 is 1.13. The number of hydrogen-bond donors (Lipinski definition) is 2. The summed E-state index contributed by atoms with van der Waals surface area (Å²) < 4.78 is 41.9. The first-order valence-corrected chi connectivity index (χ1v) is 12.6. The van der Waals surface area contributed by atoms with E-state index in [1.807, 2.05) is 32.9 Å². The fourth-order valence-corrected chi connectivity index (χ4v) is 5.11. The number of nitrogens with zero attached hydrogens (tertiary/aromatic N) is 3. The summed E-state index contributed by atoms with van der Waals surface area (Å²) in [5, 5.41) is 9.28. The van der Waals surface area contributed by atoms with E-state index < -0.39 is 10.0 Å². The standard InChI is InChI=1S/C24H22FN5O2S2/c1-14-4-11-20(16(3)12-14)30-34(31,32)19-10-5-15(2)21(13-19)28-29-23-22(27-24(26)33-23)17-6-8-18(25)9-7-17/h4-13,30H,1-3H3,(H2,26,27). The molecule has 0 aliphatic rings. The van der Waals surface area contributed by atoms with Gasteiger partial charge in [0.05, 0.1) is 16.3 Å². The van der Waals surface area contributed by atoms with Crippen molar-refractivity contribution in [2.45, 2.75) is 25.7 Å². The van der Waals surface area contributed by atoms with E-state index in [1.54, 1.807) is 24.3 Å². The van der Waals surface area contributed by atoms with Gasteiger partial charge in [-0.3, -0.25) is 4.72 Å². The van der Waals surface area contributed by atoms with Gasteiger partial charge in [0, 0.05) is 5.56 Å². The van der Waals surface area contributed by atoms with Gasteiger partial charge in [-0.05, 0) is 74.4 Å². The maximum Gasteiger partial charge on any atom is 0.261 e. The predicted octanol–water partition coefficient (Wildman–Crippen LogP) is 6.67. The third-order valence-corrected chi connectivity index (χ3v) is 7.24. The molecule has 0 spiro atoms. The molecule has 3 aromatic carbocycles. The van der Waals surface area contributed by atoms with E-state index in [9.17, 15) is 12.8 Å². The van der Waals surface area contributed by atoms with Gasteiger partial charge in [0.15, 0.2) is 10.1 Å². The number of halogens is 1. The Morgan fingerprint density at radius 3 is 2.38 bits per heavy atom. The molecule has 7 nitrogen and oxygen atoms in total. The molecule has 0 amide bonds. The van der Waals surface area contributed by atoms with Gasteiger partial charge in [-0.2, -0.15) is 0 Å². The van der Waals surface area contributed by atoms with Crippen LogP contribution in [0.5, 0.6) is 0 Å². The first-order chi connectivity index (χ1) is 16.1. The van der Waals surface area contributed by atoms with Crippen molar-refractivity contribution in [2.75, 3.05) is 10.5 Å². The maximum absolute atomic E-state index is 13.3. The average Bonchev–Trinajstić information content (AvgIpc) is 3.16. The minimum atomic E-state index is -3.84. The molecule has 0 unspecified atom stereocenters. The van der Waals surface area contributed by atoms with Crippen molar-refractivity contribution in [1.82, 2.24) is 4.98 Å². The van der Waals surface area contributed by atoms with Gasteiger partial charge in [-0.15, -0.1) is 10.2 Å². The third kappa shape index (κ3) is 5.13. The van der Waals surface area contributed by atoms with Crippen LogP contribution < -0.4 is 10.5 Å². The third-order valence-electron chi connectivity index (χ3n) is 5.11. The molecule has 0 saturated carbocycles. The molecule has 3 N–H and O–H groups in total. The van der Waals surface area contributed by atoms with Crippen LogP contribution in [0.3, 0.4) is 0 Å². The fourth-order valence-electron chi connectivity index (χ4n) is 3.29. The van der Waals surface area contributed by atoms with Crippen LogP contribution >= 0.6 is 11.3 Å². The molecule has 0 fully saturated rings. The van der Waals surface area contributed by atoms with Crippen molar-refractivity contribution in [3.8, 4) is 11.3 Å². The van der Waals surface area contributed by atoms with Crippen molar-refractivity contribution >= 4 is 42.9 Å². The highest BCUT2D eigenvalue weighted by molar-refractivity contribution is 7.92. The van der Waals surface area contributed by atoms with Crippen LogP contribution in [0.25, 0.3) is 11.3 Å². The molecule has 4 aromatic rings. The number of sulfonamides is 1. The van der Waals surface area contributed by atoms with Crippen molar-refractivity contribution in [2.24, 2.45) is 10.2 Å². The van der Waals surface area contributed by atoms with Crippen LogP contribution in [-0.2, 0) is 10.0 Å². The topological polar surface area (TPSA) is 110 Å². The maximum atomic E-state index is 13.3. The number of aromatic nitrogens is 1. The monoisotopic (exact) mass is 495 g/mol.